The zero-order valence-corrected chi connectivity index (χ0v) is 16.8. The average molecular weight is 431 g/mol. The Morgan fingerprint density at radius 1 is 1.09 bits per heavy atom. The molecule has 2 heterocycles. The summed E-state index contributed by atoms with van der Waals surface area (Å²) in [5, 5.41) is 20.5. The maximum atomic E-state index is 12.7. The van der Waals surface area contributed by atoms with Crippen molar-refractivity contribution in [3.63, 3.8) is 0 Å². The number of aromatic nitrogens is 3. The van der Waals surface area contributed by atoms with E-state index < -0.39 is 24.0 Å². The first kappa shape index (κ1) is 20.7. The van der Waals surface area contributed by atoms with Gasteiger partial charge in [-0.2, -0.15) is 4.68 Å². The quantitative estimate of drug-likeness (QED) is 0.444. The van der Waals surface area contributed by atoms with E-state index in [4.69, 9.17) is 4.74 Å². The number of aromatic carboxylic acids is 1. The Kier molecular flexibility index (Phi) is 5.58. The van der Waals surface area contributed by atoms with Crippen LogP contribution < -0.4 is 10.3 Å². The van der Waals surface area contributed by atoms with Crippen LogP contribution in [0.25, 0.3) is 10.9 Å². The molecule has 0 aliphatic heterocycles. The molecule has 2 aromatic carbocycles. The number of carboxylic acids is 1. The Hall–Kier alpha value is -4.60. The maximum Gasteiger partial charge on any atom is 0.337 e. The monoisotopic (exact) mass is 431 g/mol. The molecule has 2 aromatic heterocycles. The molecule has 2 N–H and O–H groups in total. The first-order valence-electron chi connectivity index (χ1n) is 9.51. The molecule has 0 atom stereocenters. The Balaban J connectivity index is 1.56. The molecule has 0 saturated heterocycles. The highest BCUT2D eigenvalue weighted by atomic mass is 16.5. The van der Waals surface area contributed by atoms with Crippen molar-refractivity contribution >= 4 is 34.2 Å². The van der Waals surface area contributed by atoms with Crippen molar-refractivity contribution in [2.75, 3.05) is 6.61 Å². The van der Waals surface area contributed by atoms with Crippen molar-refractivity contribution in [2.24, 2.45) is 10.2 Å². The lowest BCUT2D eigenvalue weighted by atomic mass is 10.2. The van der Waals surface area contributed by atoms with Gasteiger partial charge in [0.15, 0.2) is 12.3 Å². The minimum absolute atomic E-state index is 0.0575. The highest BCUT2D eigenvalue weighted by Crippen LogP contribution is 2.24. The summed E-state index contributed by atoms with van der Waals surface area (Å²) in [5.41, 5.74) is 0.104. The molecule has 4 rings (SSSR count). The number of ether oxygens (including phenoxy) is 1. The van der Waals surface area contributed by atoms with Crippen molar-refractivity contribution in [1.29, 1.82) is 0 Å². The number of aromatic amines is 1. The van der Waals surface area contributed by atoms with E-state index in [0.29, 0.717) is 17.0 Å². The van der Waals surface area contributed by atoms with E-state index in [1.807, 2.05) is 12.1 Å². The molecule has 0 fully saturated rings. The number of azo groups is 1. The molecule has 160 valence electrons. The summed E-state index contributed by atoms with van der Waals surface area (Å²) in [6.45, 7) is 1.14. The number of nitrogens with zero attached hydrogens (tertiary/aromatic N) is 4. The van der Waals surface area contributed by atoms with Crippen LogP contribution in [0.5, 0.6) is 5.75 Å². The highest BCUT2D eigenvalue weighted by Gasteiger charge is 2.18. The lowest BCUT2D eigenvalue weighted by Gasteiger charge is -2.07. The third-order valence-corrected chi connectivity index (χ3v) is 4.63. The minimum atomic E-state index is -1.17. The largest absolute Gasteiger partial charge is 0.481 e. The average Bonchev–Trinajstić information content (AvgIpc) is 3.09. The number of hydrogen-bond donors (Lipinski definition) is 2. The van der Waals surface area contributed by atoms with Crippen molar-refractivity contribution in [3.8, 4) is 5.75 Å². The van der Waals surface area contributed by atoms with Crippen LogP contribution in [0.2, 0.25) is 0 Å². The van der Waals surface area contributed by atoms with Crippen LogP contribution in [0.3, 0.4) is 0 Å². The summed E-state index contributed by atoms with van der Waals surface area (Å²) in [6.07, 6.45) is 1.62. The third kappa shape index (κ3) is 4.01. The fourth-order valence-corrected chi connectivity index (χ4v) is 3.07. The first-order valence-corrected chi connectivity index (χ1v) is 9.51. The highest BCUT2D eigenvalue weighted by molar-refractivity contribution is 5.93. The predicted molar refractivity (Wildman–Crippen MR) is 115 cm³/mol. The summed E-state index contributed by atoms with van der Waals surface area (Å²) in [4.78, 5) is 40.8. The second-order valence-corrected chi connectivity index (χ2v) is 6.76. The number of para-hydroxylation sites is 1. The van der Waals surface area contributed by atoms with Gasteiger partial charge in [0.05, 0.1) is 11.3 Å². The van der Waals surface area contributed by atoms with Gasteiger partial charge in [-0.3, -0.25) is 19.7 Å². The third-order valence-electron chi connectivity index (χ3n) is 4.63. The molecule has 10 heteroatoms. The molecule has 4 aromatic rings. The number of fused-ring (bicyclic) bond motifs is 1. The summed E-state index contributed by atoms with van der Waals surface area (Å²) in [6, 6.07) is 15.0. The number of carboxylic acid groups (broad SMARTS) is 1. The van der Waals surface area contributed by atoms with Crippen LogP contribution in [0.15, 0.2) is 75.8 Å². The normalized spacial score (nSPS) is 11.2. The van der Waals surface area contributed by atoms with Crippen LogP contribution in [-0.4, -0.2) is 38.4 Å². The second kappa shape index (κ2) is 8.64. The van der Waals surface area contributed by atoms with Crippen LogP contribution in [0.4, 0.5) is 11.4 Å². The molecule has 32 heavy (non-hydrogen) atoms. The van der Waals surface area contributed by atoms with Gasteiger partial charge >= 0.3 is 11.5 Å². The van der Waals surface area contributed by atoms with E-state index >= 15 is 0 Å². The molecule has 0 spiro atoms. The number of carbonyl (C=O) groups excluding carboxylic acids is 1. The summed E-state index contributed by atoms with van der Waals surface area (Å²) in [7, 11) is 0. The van der Waals surface area contributed by atoms with Gasteiger partial charge in [0.1, 0.15) is 17.0 Å². The Labute approximate surface area is 180 Å². The van der Waals surface area contributed by atoms with Crippen molar-refractivity contribution < 1.29 is 19.4 Å². The van der Waals surface area contributed by atoms with Crippen molar-refractivity contribution in [1.82, 2.24) is 14.8 Å². The van der Waals surface area contributed by atoms with Gasteiger partial charge in [-0.05, 0) is 31.2 Å². The standard InChI is InChI=1S/C22H17N5O5/c1-13-19(25-24-16-9-3-2-8-15(16)22(30)31)21(29)27(26-13)18(28)12-32-17-10-4-6-14-7-5-11-23-20(14)17/h2-11,26H,12H2,1H3,(H,30,31). The number of nitrogens with one attached hydrogen (secondary N) is 1. The Morgan fingerprint density at radius 2 is 1.88 bits per heavy atom. The maximum absolute atomic E-state index is 12.7. The molecule has 0 radical (unpaired) electrons. The van der Waals surface area contributed by atoms with Crippen LogP contribution in [0, 0.1) is 6.92 Å². The number of H-pyrrole nitrogens is 1. The topological polar surface area (TPSA) is 139 Å². The lowest BCUT2D eigenvalue weighted by molar-refractivity contribution is 0.0697. The van der Waals surface area contributed by atoms with Gasteiger partial charge in [-0.25, -0.2) is 4.79 Å². The molecule has 10 nitrogen and oxygen atoms in total. The zero-order valence-electron chi connectivity index (χ0n) is 16.8. The van der Waals surface area contributed by atoms with Gasteiger partial charge in [-0.1, -0.05) is 30.3 Å². The molecule has 0 bridgehead atoms. The van der Waals surface area contributed by atoms with Gasteiger partial charge < -0.3 is 9.84 Å². The summed E-state index contributed by atoms with van der Waals surface area (Å²) >= 11 is 0. The molecule has 0 aliphatic rings. The van der Waals surface area contributed by atoms with Gasteiger partial charge in [0.2, 0.25) is 0 Å². The van der Waals surface area contributed by atoms with E-state index in [-0.39, 0.29) is 16.9 Å². The van der Waals surface area contributed by atoms with Crippen molar-refractivity contribution in [3.05, 3.63) is 82.4 Å². The number of rotatable bonds is 6. The number of carbonyl (C=O) groups is 2. The zero-order chi connectivity index (χ0) is 22.7. The number of pyridine rings is 1. The first-order chi connectivity index (χ1) is 15.5. The van der Waals surface area contributed by atoms with Crippen LogP contribution in [-0.2, 0) is 0 Å². The molecular weight excluding hydrogens is 414 g/mol. The molecule has 0 amide bonds. The summed E-state index contributed by atoms with van der Waals surface area (Å²) in [5.74, 6) is -1.39. The molecule has 0 saturated carbocycles. The molecular formula is C22H17N5O5. The Bertz CT molecular complexity index is 1410. The lowest BCUT2D eigenvalue weighted by Crippen LogP contribution is -2.29. The fraction of sp³-hybridized carbons (Fsp3) is 0.0909. The smallest absolute Gasteiger partial charge is 0.337 e. The van der Waals surface area contributed by atoms with E-state index in [2.05, 4.69) is 20.3 Å². The van der Waals surface area contributed by atoms with Gasteiger partial charge in [-0.15, -0.1) is 10.2 Å². The number of aryl methyl sites for hydroxylation is 1. The van der Waals surface area contributed by atoms with E-state index in [9.17, 15) is 19.5 Å². The van der Waals surface area contributed by atoms with E-state index in [0.717, 1.165) is 10.1 Å². The summed E-state index contributed by atoms with van der Waals surface area (Å²) < 4.78 is 6.38. The fourth-order valence-electron chi connectivity index (χ4n) is 3.07. The SMILES string of the molecule is Cc1[nH]n(C(=O)COc2cccc3cccnc23)c(=O)c1N=Nc1ccccc1C(=O)O. The second-order valence-electron chi connectivity index (χ2n) is 6.76. The number of benzene rings is 2. The van der Waals surface area contributed by atoms with Crippen LogP contribution in [0.1, 0.15) is 20.8 Å². The Morgan fingerprint density at radius 3 is 2.69 bits per heavy atom. The molecule has 0 aliphatic carbocycles. The van der Waals surface area contributed by atoms with Crippen LogP contribution >= 0.6 is 0 Å². The van der Waals surface area contributed by atoms with E-state index in [1.165, 1.54) is 12.1 Å². The predicted octanol–water partition coefficient (Wildman–Crippen LogP) is 3.87. The van der Waals surface area contributed by atoms with Crippen molar-refractivity contribution in [2.45, 2.75) is 6.92 Å². The van der Waals surface area contributed by atoms with E-state index in [1.54, 1.807) is 43.5 Å². The van der Waals surface area contributed by atoms with Gasteiger partial charge in [0.25, 0.3) is 5.91 Å². The van der Waals surface area contributed by atoms with Gasteiger partial charge in [0, 0.05) is 11.6 Å². The minimum Gasteiger partial charge on any atom is -0.481 e. The molecule has 0 unspecified atom stereocenters. The number of hydrogen-bond acceptors (Lipinski definition) is 7.